The molecule has 1 aromatic heterocycles. The zero-order chi connectivity index (χ0) is 16.8. The van der Waals surface area contributed by atoms with Crippen molar-refractivity contribution in [2.24, 2.45) is 0 Å². The number of amides is 1. The molecule has 1 heterocycles. The molecule has 0 saturated carbocycles. The Kier molecular flexibility index (Phi) is 5.08. The van der Waals surface area contributed by atoms with Crippen molar-refractivity contribution in [2.45, 2.75) is 0 Å². The molecule has 0 unspecified atom stereocenters. The molecule has 0 atom stereocenters. The molecule has 120 valence electrons. The molecule has 1 amide bonds. The Bertz CT molecular complexity index is 809. The van der Waals surface area contributed by atoms with E-state index in [2.05, 4.69) is 10.1 Å². The third-order valence-electron chi connectivity index (χ3n) is 2.83. The molecule has 0 aliphatic carbocycles. The molecule has 0 saturated heterocycles. The van der Waals surface area contributed by atoms with Crippen LogP contribution in [0.5, 0.6) is 0 Å². The van der Waals surface area contributed by atoms with Crippen molar-refractivity contribution in [3.05, 3.63) is 46.3 Å². The summed E-state index contributed by atoms with van der Waals surface area (Å²) < 4.78 is 14.3. The Labute approximate surface area is 130 Å². The first-order chi connectivity index (χ1) is 11.0. The number of methoxy groups -OCH3 is 1. The van der Waals surface area contributed by atoms with Crippen molar-refractivity contribution >= 4 is 28.8 Å². The summed E-state index contributed by atoms with van der Waals surface area (Å²) in [5.74, 6) is -2.59. The van der Waals surface area contributed by atoms with Crippen LogP contribution in [0.3, 0.4) is 0 Å². The maximum absolute atomic E-state index is 11.9. The zero-order valence-corrected chi connectivity index (χ0v) is 12.2. The Balaban J connectivity index is 2.00. The number of esters is 2. The number of fused-ring (bicyclic) bond motifs is 1. The summed E-state index contributed by atoms with van der Waals surface area (Å²) in [6, 6.07) is 7.42. The van der Waals surface area contributed by atoms with E-state index in [1.807, 2.05) is 0 Å². The molecule has 0 spiro atoms. The van der Waals surface area contributed by atoms with Gasteiger partial charge in [-0.2, -0.15) is 0 Å². The van der Waals surface area contributed by atoms with Crippen molar-refractivity contribution in [1.82, 2.24) is 5.32 Å². The van der Waals surface area contributed by atoms with E-state index in [1.165, 1.54) is 13.2 Å². The quantitative estimate of drug-likeness (QED) is 0.785. The van der Waals surface area contributed by atoms with Crippen LogP contribution < -0.4 is 10.7 Å². The monoisotopic (exact) mass is 319 g/mol. The fourth-order valence-corrected chi connectivity index (χ4v) is 1.70. The molecule has 1 N–H and O–H groups in total. The smallest absolute Gasteiger partial charge is 0.374 e. The van der Waals surface area contributed by atoms with E-state index < -0.39 is 29.9 Å². The molecule has 0 fully saturated rings. The van der Waals surface area contributed by atoms with Gasteiger partial charge in [0.1, 0.15) is 12.1 Å². The van der Waals surface area contributed by atoms with Crippen LogP contribution in [0.25, 0.3) is 11.0 Å². The largest absolute Gasteiger partial charge is 0.468 e. The minimum absolute atomic E-state index is 0.238. The molecule has 0 bridgehead atoms. The number of nitrogens with one attached hydrogen (secondary N) is 1. The summed E-state index contributed by atoms with van der Waals surface area (Å²) in [7, 11) is 1.18. The molecule has 23 heavy (non-hydrogen) atoms. The van der Waals surface area contributed by atoms with Crippen molar-refractivity contribution in [3.8, 4) is 0 Å². The van der Waals surface area contributed by atoms with Crippen LogP contribution in [-0.4, -0.2) is 38.1 Å². The van der Waals surface area contributed by atoms with Gasteiger partial charge in [-0.15, -0.1) is 0 Å². The summed E-state index contributed by atoms with van der Waals surface area (Å²) in [5, 5.41) is 2.53. The van der Waals surface area contributed by atoms with Gasteiger partial charge < -0.3 is 19.2 Å². The highest BCUT2D eigenvalue weighted by Crippen LogP contribution is 2.12. The number of para-hydroxylation sites is 1. The van der Waals surface area contributed by atoms with Gasteiger partial charge in [0.05, 0.1) is 12.5 Å². The number of hydrogen-bond acceptors (Lipinski definition) is 7. The molecule has 0 radical (unpaired) electrons. The van der Waals surface area contributed by atoms with E-state index in [9.17, 15) is 19.2 Å². The summed E-state index contributed by atoms with van der Waals surface area (Å²) in [5.41, 5.74) is -0.156. The molecule has 2 rings (SSSR count). The van der Waals surface area contributed by atoms with Gasteiger partial charge in [0, 0.05) is 6.07 Å². The van der Waals surface area contributed by atoms with E-state index in [0.29, 0.717) is 5.39 Å². The SMILES string of the molecule is COC(=O)CNC(=O)COC(=O)c1cc(=O)c2ccccc2o1. The first kappa shape index (κ1) is 16.2. The minimum atomic E-state index is -0.957. The van der Waals surface area contributed by atoms with E-state index in [1.54, 1.807) is 18.2 Å². The van der Waals surface area contributed by atoms with Crippen LogP contribution in [0.4, 0.5) is 0 Å². The normalized spacial score (nSPS) is 10.1. The van der Waals surface area contributed by atoms with Gasteiger partial charge in [0.25, 0.3) is 5.91 Å². The lowest BCUT2D eigenvalue weighted by atomic mass is 10.2. The molecular weight excluding hydrogens is 306 g/mol. The number of benzene rings is 1. The standard InChI is InChI=1S/C15H13NO7/c1-21-14(19)7-16-13(18)8-22-15(20)12-6-10(17)9-4-2-3-5-11(9)23-12/h2-6H,7-8H2,1H3,(H,16,18). The first-order valence-electron chi connectivity index (χ1n) is 6.55. The van der Waals surface area contributed by atoms with E-state index >= 15 is 0 Å². The Morgan fingerprint density at radius 2 is 1.96 bits per heavy atom. The van der Waals surface area contributed by atoms with Crippen LogP contribution in [0.1, 0.15) is 10.6 Å². The highest BCUT2D eigenvalue weighted by molar-refractivity contribution is 5.91. The van der Waals surface area contributed by atoms with E-state index in [4.69, 9.17) is 9.15 Å². The lowest BCUT2D eigenvalue weighted by Gasteiger charge is -2.05. The van der Waals surface area contributed by atoms with Crippen molar-refractivity contribution in [2.75, 3.05) is 20.3 Å². The summed E-state index contributed by atoms with van der Waals surface area (Å²) in [6.45, 7) is -0.954. The molecule has 1 aromatic carbocycles. The Morgan fingerprint density at radius 3 is 2.70 bits per heavy atom. The summed E-state index contributed by atoms with van der Waals surface area (Å²) in [4.78, 5) is 45.9. The number of carbonyl (C=O) groups is 3. The predicted molar refractivity (Wildman–Crippen MR) is 77.8 cm³/mol. The Hall–Kier alpha value is -3.16. The summed E-state index contributed by atoms with van der Waals surface area (Å²) >= 11 is 0. The van der Waals surface area contributed by atoms with Crippen LogP contribution in [0, 0.1) is 0 Å². The van der Waals surface area contributed by atoms with Crippen molar-refractivity contribution in [3.63, 3.8) is 0 Å². The fraction of sp³-hybridized carbons (Fsp3) is 0.200. The second-order valence-electron chi connectivity index (χ2n) is 4.40. The number of hydrogen-bond donors (Lipinski definition) is 1. The number of ether oxygens (including phenoxy) is 2. The number of rotatable bonds is 5. The highest BCUT2D eigenvalue weighted by Gasteiger charge is 2.15. The predicted octanol–water partition coefficient (Wildman–Crippen LogP) is 0.239. The third-order valence-corrected chi connectivity index (χ3v) is 2.83. The van der Waals surface area contributed by atoms with Gasteiger partial charge in [-0.05, 0) is 12.1 Å². The molecule has 2 aromatic rings. The molecule has 8 nitrogen and oxygen atoms in total. The lowest BCUT2D eigenvalue weighted by Crippen LogP contribution is -2.33. The second kappa shape index (κ2) is 7.21. The van der Waals surface area contributed by atoms with Gasteiger partial charge in [-0.1, -0.05) is 12.1 Å². The van der Waals surface area contributed by atoms with Gasteiger partial charge in [0.2, 0.25) is 5.76 Å². The van der Waals surface area contributed by atoms with Crippen LogP contribution >= 0.6 is 0 Å². The second-order valence-corrected chi connectivity index (χ2v) is 4.40. The maximum atomic E-state index is 11.9. The molecular formula is C15H13NO7. The van der Waals surface area contributed by atoms with Gasteiger partial charge >= 0.3 is 11.9 Å². The Morgan fingerprint density at radius 1 is 1.22 bits per heavy atom. The minimum Gasteiger partial charge on any atom is -0.468 e. The van der Waals surface area contributed by atoms with Gasteiger partial charge in [-0.25, -0.2) is 4.79 Å². The van der Waals surface area contributed by atoms with Crippen molar-refractivity contribution < 1.29 is 28.3 Å². The van der Waals surface area contributed by atoms with Gasteiger partial charge in [0.15, 0.2) is 12.0 Å². The number of carbonyl (C=O) groups excluding carboxylic acids is 3. The van der Waals surface area contributed by atoms with Crippen LogP contribution in [0.2, 0.25) is 0 Å². The highest BCUT2D eigenvalue weighted by atomic mass is 16.5. The van der Waals surface area contributed by atoms with Crippen LogP contribution in [0.15, 0.2) is 39.5 Å². The third kappa shape index (κ3) is 4.16. The van der Waals surface area contributed by atoms with Crippen molar-refractivity contribution in [1.29, 1.82) is 0 Å². The van der Waals surface area contributed by atoms with E-state index in [0.717, 1.165) is 6.07 Å². The molecule has 0 aliphatic rings. The topological polar surface area (TPSA) is 112 Å². The molecule has 0 aliphatic heterocycles. The summed E-state index contributed by atoms with van der Waals surface area (Å²) in [6.07, 6.45) is 0. The maximum Gasteiger partial charge on any atom is 0.374 e. The van der Waals surface area contributed by atoms with E-state index in [-0.39, 0.29) is 17.9 Å². The molecule has 8 heteroatoms. The average molecular weight is 319 g/mol. The zero-order valence-electron chi connectivity index (χ0n) is 12.2. The van der Waals surface area contributed by atoms with Crippen LogP contribution in [-0.2, 0) is 19.1 Å². The first-order valence-corrected chi connectivity index (χ1v) is 6.55. The average Bonchev–Trinajstić information content (AvgIpc) is 2.57. The fourth-order valence-electron chi connectivity index (χ4n) is 1.70. The van der Waals surface area contributed by atoms with Gasteiger partial charge in [-0.3, -0.25) is 14.4 Å². The lowest BCUT2D eigenvalue weighted by molar-refractivity contribution is -0.141.